The van der Waals surface area contributed by atoms with Gasteiger partial charge in [-0.3, -0.25) is 4.79 Å². The number of hydrogen-bond acceptors (Lipinski definition) is 1. The van der Waals surface area contributed by atoms with E-state index in [9.17, 15) is 4.79 Å². The Hall–Kier alpha value is -2.67. The summed E-state index contributed by atoms with van der Waals surface area (Å²) in [5, 5.41) is 0. The lowest BCUT2D eigenvalue weighted by molar-refractivity contribution is -0.117. The predicted octanol–water partition coefficient (Wildman–Crippen LogP) is 5.49. The van der Waals surface area contributed by atoms with E-state index in [2.05, 4.69) is 56.3 Å². The number of carbonyl (C=O) groups excluding carboxylic acids is 1. The zero-order chi connectivity index (χ0) is 17.1. The molecule has 0 aliphatic heterocycles. The molecule has 1 atom stereocenters. The maximum absolute atomic E-state index is 12.3. The van der Waals surface area contributed by atoms with Crippen LogP contribution in [0.15, 0.2) is 66.7 Å². The molecule has 0 N–H and O–H groups in total. The van der Waals surface area contributed by atoms with Gasteiger partial charge in [0.25, 0.3) is 0 Å². The third-order valence-corrected chi connectivity index (χ3v) is 4.41. The van der Waals surface area contributed by atoms with Gasteiger partial charge in [-0.2, -0.15) is 0 Å². The molecule has 0 heterocycles. The van der Waals surface area contributed by atoms with Gasteiger partial charge in [-0.05, 0) is 60.7 Å². The average molecular weight is 313 g/mol. The summed E-state index contributed by atoms with van der Waals surface area (Å²) in [6.45, 7) is 5.81. The van der Waals surface area contributed by atoms with Crippen LogP contribution in [0.3, 0.4) is 0 Å². The van der Waals surface area contributed by atoms with Gasteiger partial charge in [0.05, 0.1) is 5.92 Å². The standard InChI is InChI=1S/C23H21O/c1-16-11-13-19(14-12-16)23(18(3)24)21-9-6-8-20(15-21)22-10-5-4-7-17(22)2/h4-8,10-15,23H,1-3H3. The summed E-state index contributed by atoms with van der Waals surface area (Å²) < 4.78 is 0. The highest BCUT2D eigenvalue weighted by Gasteiger charge is 2.20. The first kappa shape index (κ1) is 16.2. The fourth-order valence-electron chi connectivity index (χ4n) is 3.11. The maximum Gasteiger partial charge on any atom is 0.141 e. The zero-order valence-electron chi connectivity index (χ0n) is 14.3. The Kier molecular flexibility index (Phi) is 4.61. The third-order valence-electron chi connectivity index (χ3n) is 4.41. The Morgan fingerprint density at radius 3 is 2.33 bits per heavy atom. The molecule has 0 fully saturated rings. The van der Waals surface area contributed by atoms with Crippen LogP contribution in [0, 0.1) is 19.9 Å². The predicted molar refractivity (Wildman–Crippen MR) is 99.2 cm³/mol. The van der Waals surface area contributed by atoms with Crippen molar-refractivity contribution in [3.8, 4) is 11.1 Å². The van der Waals surface area contributed by atoms with E-state index in [1.54, 1.807) is 6.92 Å². The average Bonchev–Trinajstić information content (AvgIpc) is 2.57. The molecule has 1 heteroatoms. The van der Waals surface area contributed by atoms with Gasteiger partial charge >= 0.3 is 0 Å². The van der Waals surface area contributed by atoms with Crippen molar-refractivity contribution in [1.29, 1.82) is 0 Å². The van der Waals surface area contributed by atoms with Crippen LogP contribution < -0.4 is 0 Å². The van der Waals surface area contributed by atoms with Gasteiger partial charge in [0.2, 0.25) is 0 Å². The van der Waals surface area contributed by atoms with Gasteiger partial charge in [0.1, 0.15) is 5.78 Å². The van der Waals surface area contributed by atoms with E-state index < -0.39 is 0 Å². The van der Waals surface area contributed by atoms with E-state index in [1.807, 2.05) is 30.3 Å². The minimum Gasteiger partial charge on any atom is -0.299 e. The van der Waals surface area contributed by atoms with Crippen molar-refractivity contribution in [1.82, 2.24) is 0 Å². The highest BCUT2D eigenvalue weighted by atomic mass is 16.1. The molecule has 0 bridgehead atoms. The van der Waals surface area contributed by atoms with Crippen molar-refractivity contribution in [2.24, 2.45) is 0 Å². The molecule has 24 heavy (non-hydrogen) atoms. The van der Waals surface area contributed by atoms with E-state index >= 15 is 0 Å². The Morgan fingerprint density at radius 1 is 0.958 bits per heavy atom. The van der Waals surface area contributed by atoms with Gasteiger partial charge in [-0.25, -0.2) is 0 Å². The first-order valence-corrected chi connectivity index (χ1v) is 8.21. The number of carbonyl (C=O) groups is 1. The molecule has 1 nitrogen and oxygen atoms in total. The summed E-state index contributed by atoms with van der Waals surface area (Å²) in [6, 6.07) is 25.8. The molecule has 0 saturated carbocycles. The molecular weight excluding hydrogens is 292 g/mol. The number of benzene rings is 3. The van der Waals surface area contributed by atoms with E-state index in [0.717, 1.165) is 16.7 Å². The first-order valence-electron chi connectivity index (χ1n) is 8.21. The van der Waals surface area contributed by atoms with Gasteiger partial charge in [0, 0.05) is 0 Å². The van der Waals surface area contributed by atoms with Crippen LogP contribution in [0.25, 0.3) is 11.1 Å². The Bertz CT molecular complexity index is 859. The van der Waals surface area contributed by atoms with Crippen LogP contribution in [0.4, 0.5) is 0 Å². The van der Waals surface area contributed by atoms with Crippen molar-refractivity contribution in [2.45, 2.75) is 26.7 Å². The summed E-state index contributed by atoms with van der Waals surface area (Å²) >= 11 is 0. The largest absolute Gasteiger partial charge is 0.299 e. The lowest BCUT2D eigenvalue weighted by atomic mass is 9.86. The molecule has 3 aromatic carbocycles. The van der Waals surface area contributed by atoms with Gasteiger partial charge < -0.3 is 0 Å². The first-order chi connectivity index (χ1) is 11.6. The summed E-state index contributed by atoms with van der Waals surface area (Å²) in [5.41, 5.74) is 6.68. The SMILES string of the molecule is CC(=O)C(c1[c]ccc(-c2ccccc2C)c1)c1ccc(C)cc1. The quantitative estimate of drug-likeness (QED) is 0.622. The molecule has 0 aliphatic rings. The van der Waals surface area contributed by atoms with E-state index in [1.165, 1.54) is 16.7 Å². The van der Waals surface area contributed by atoms with Crippen LogP contribution in [0.5, 0.6) is 0 Å². The van der Waals surface area contributed by atoms with Crippen molar-refractivity contribution < 1.29 is 4.79 Å². The molecule has 1 radical (unpaired) electrons. The fourth-order valence-corrected chi connectivity index (χ4v) is 3.11. The van der Waals surface area contributed by atoms with Crippen molar-refractivity contribution in [3.63, 3.8) is 0 Å². The number of hydrogen-bond donors (Lipinski definition) is 0. The van der Waals surface area contributed by atoms with Crippen molar-refractivity contribution >= 4 is 5.78 Å². The summed E-state index contributed by atoms with van der Waals surface area (Å²) in [5.74, 6) is -0.133. The van der Waals surface area contributed by atoms with Crippen LogP contribution in [0.2, 0.25) is 0 Å². The van der Waals surface area contributed by atoms with Crippen LogP contribution in [-0.2, 0) is 4.79 Å². The lowest BCUT2D eigenvalue weighted by Crippen LogP contribution is -2.11. The smallest absolute Gasteiger partial charge is 0.141 e. The second-order valence-corrected chi connectivity index (χ2v) is 6.30. The van der Waals surface area contributed by atoms with Crippen LogP contribution in [0.1, 0.15) is 35.1 Å². The minimum absolute atomic E-state index is 0.136. The number of Topliss-reactive ketones (excluding diaryl/α,β-unsaturated/α-hetero) is 1. The Balaban J connectivity index is 2.07. The van der Waals surface area contributed by atoms with Crippen molar-refractivity contribution in [2.75, 3.05) is 0 Å². The second kappa shape index (κ2) is 6.84. The molecule has 0 aromatic heterocycles. The highest BCUT2D eigenvalue weighted by molar-refractivity contribution is 5.87. The fraction of sp³-hybridized carbons (Fsp3) is 0.174. The molecule has 0 saturated heterocycles. The van der Waals surface area contributed by atoms with Crippen molar-refractivity contribution in [3.05, 3.63) is 95.1 Å². The zero-order valence-corrected chi connectivity index (χ0v) is 14.3. The van der Waals surface area contributed by atoms with E-state index in [0.29, 0.717) is 0 Å². The molecule has 0 amide bonds. The summed E-state index contributed by atoms with van der Waals surface area (Å²) in [6.07, 6.45) is 0. The molecule has 0 aliphatic carbocycles. The maximum atomic E-state index is 12.3. The number of aryl methyl sites for hydroxylation is 2. The summed E-state index contributed by atoms with van der Waals surface area (Å²) in [7, 11) is 0. The Morgan fingerprint density at radius 2 is 1.67 bits per heavy atom. The van der Waals surface area contributed by atoms with E-state index in [4.69, 9.17) is 0 Å². The molecule has 3 rings (SSSR count). The van der Waals surface area contributed by atoms with Gasteiger partial charge in [0.15, 0.2) is 0 Å². The highest BCUT2D eigenvalue weighted by Crippen LogP contribution is 2.30. The van der Waals surface area contributed by atoms with E-state index in [-0.39, 0.29) is 11.7 Å². The number of rotatable bonds is 4. The van der Waals surface area contributed by atoms with Gasteiger partial charge in [-0.15, -0.1) is 0 Å². The minimum atomic E-state index is -0.269. The van der Waals surface area contributed by atoms with Crippen LogP contribution in [-0.4, -0.2) is 5.78 Å². The summed E-state index contributed by atoms with van der Waals surface area (Å²) in [4.78, 5) is 12.3. The Labute approximate surface area is 144 Å². The molecule has 1 unspecified atom stereocenters. The molecular formula is C23H21O. The second-order valence-electron chi connectivity index (χ2n) is 6.30. The third kappa shape index (κ3) is 3.30. The molecule has 0 spiro atoms. The van der Waals surface area contributed by atoms with Crippen LogP contribution >= 0.6 is 0 Å². The number of ketones is 1. The topological polar surface area (TPSA) is 17.1 Å². The lowest BCUT2D eigenvalue weighted by Gasteiger charge is -2.16. The monoisotopic (exact) mass is 313 g/mol. The van der Waals surface area contributed by atoms with Gasteiger partial charge in [-0.1, -0.05) is 66.2 Å². The molecule has 3 aromatic rings. The normalized spacial score (nSPS) is 12.0. The molecule has 119 valence electrons.